The highest BCUT2D eigenvalue weighted by Crippen LogP contribution is 2.35. The van der Waals surface area contributed by atoms with Gasteiger partial charge in [0.05, 0.1) is 11.8 Å². The molecule has 0 saturated heterocycles. The van der Waals surface area contributed by atoms with Crippen molar-refractivity contribution in [1.82, 2.24) is 10.2 Å². The third-order valence-electron chi connectivity index (χ3n) is 2.91. The van der Waals surface area contributed by atoms with Gasteiger partial charge in [-0.15, -0.1) is 0 Å². The van der Waals surface area contributed by atoms with Crippen molar-refractivity contribution in [3.8, 4) is 0 Å². The number of aromatic nitrogens is 2. The van der Waals surface area contributed by atoms with Crippen molar-refractivity contribution < 1.29 is 15.0 Å². The molecule has 0 amide bonds. The van der Waals surface area contributed by atoms with Gasteiger partial charge in [-0.2, -0.15) is 5.10 Å². The molecule has 2 atom stereocenters. The van der Waals surface area contributed by atoms with Crippen molar-refractivity contribution in [1.29, 1.82) is 0 Å². The van der Waals surface area contributed by atoms with Gasteiger partial charge in [0.2, 0.25) is 0 Å². The van der Waals surface area contributed by atoms with Gasteiger partial charge in [0, 0.05) is 17.7 Å². The van der Waals surface area contributed by atoms with Gasteiger partial charge in [-0.25, -0.2) is 0 Å². The summed E-state index contributed by atoms with van der Waals surface area (Å²) >= 11 is 0. The van der Waals surface area contributed by atoms with Crippen molar-refractivity contribution >= 4 is 5.97 Å². The Morgan fingerprint density at radius 2 is 2.40 bits per heavy atom. The number of aliphatic carboxylic acids is 1. The SMILES string of the molecule is Cc1[nH]nc2c1C(O)CC(CC(=O)O)C2. The second-order valence-electron chi connectivity index (χ2n) is 4.13. The van der Waals surface area contributed by atoms with Crippen molar-refractivity contribution in [2.75, 3.05) is 0 Å². The first-order valence-corrected chi connectivity index (χ1v) is 5.01. The van der Waals surface area contributed by atoms with Crippen LogP contribution in [-0.2, 0) is 11.2 Å². The van der Waals surface area contributed by atoms with Crippen LogP contribution in [0.15, 0.2) is 0 Å². The van der Waals surface area contributed by atoms with Crippen LogP contribution in [0.1, 0.15) is 35.9 Å². The van der Waals surface area contributed by atoms with E-state index in [1.54, 1.807) is 0 Å². The van der Waals surface area contributed by atoms with Gasteiger partial charge in [-0.3, -0.25) is 9.89 Å². The number of nitrogens with zero attached hydrogens (tertiary/aromatic N) is 1. The monoisotopic (exact) mass is 210 g/mol. The average molecular weight is 210 g/mol. The maximum absolute atomic E-state index is 10.6. The standard InChI is InChI=1S/C10H14N2O3/c1-5-10-7(12-11-5)2-6(3-8(10)13)4-9(14)15/h6,8,13H,2-4H2,1H3,(H,11,12)(H,14,15). The van der Waals surface area contributed by atoms with E-state index in [9.17, 15) is 9.90 Å². The summed E-state index contributed by atoms with van der Waals surface area (Å²) in [6.07, 6.45) is 0.683. The number of aliphatic hydroxyl groups excluding tert-OH is 1. The lowest BCUT2D eigenvalue weighted by atomic mass is 9.83. The molecule has 5 heteroatoms. The third kappa shape index (κ3) is 1.87. The zero-order valence-corrected chi connectivity index (χ0v) is 8.53. The van der Waals surface area contributed by atoms with E-state index >= 15 is 0 Å². The third-order valence-corrected chi connectivity index (χ3v) is 2.91. The molecule has 0 bridgehead atoms. The summed E-state index contributed by atoms with van der Waals surface area (Å²) in [6, 6.07) is 0. The molecule has 0 fully saturated rings. The summed E-state index contributed by atoms with van der Waals surface area (Å²) in [6.45, 7) is 1.87. The Bertz CT molecular complexity index is 386. The summed E-state index contributed by atoms with van der Waals surface area (Å²) < 4.78 is 0. The van der Waals surface area contributed by atoms with Gasteiger partial charge in [0.1, 0.15) is 0 Å². The van der Waals surface area contributed by atoms with Crippen LogP contribution in [0.5, 0.6) is 0 Å². The van der Waals surface area contributed by atoms with Crippen LogP contribution >= 0.6 is 0 Å². The largest absolute Gasteiger partial charge is 0.481 e. The molecule has 0 saturated carbocycles. The molecule has 1 heterocycles. The van der Waals surface area contributed by atoms with E-state index in [2.05, 4.69) is 10.2 Å². The predicted molar refractivity (Wildman–Crippen MR) is 52.3 cm³/mol. The Morgan fingerprint density at radius 3 is 3.07 bits per heavy atom. The Balaban J connectivity index is 2.20. The highest BCUT2D eigenvalue weighted by atomic mass is 16.4. The van der Waals surface area contributed by atoms with E-state index in [4.69, 9.17) is 5.11 Å². The number of rotatable bonds is 2. The van der Waals surface area contributed by atoms with E-state index < -0.39 is 12.1 Å². The fourth-order valence-electron chi connectivity index (χ4n) is 2.28. The number of hydrogen-bond donors (Lipinski definition) is 3. The molecular formula is C10H14N2O3. The molecule has 2 rings (SSSR count). The van der Waals surface area contributed by atoms with E-state index in [-0.39, 0.29) is 12.3 Å². The normalized spacial score (nSPS) is 24.9. The quantitative estimate of drug-likeness (QED) is 0.673. The molecule has 0 aromatic carbocycles. The predicted octanol–water partition coefficient (Wildman–Crippen LogP) is 0.789. The molecule has 1 aliphatic rings. The Morgan fingerprint density at radius 1 is 1.67 bits per heavy atom. The Kier molecular flexibility index (Phi) is 2.48. The van der Waals surface area contributed by atoms with E-state index in [0.29, 0.717) is 12.8 Å². The lowest BCUT2D eigenvalue weighted by molar-refractivity contribution is -0.138. The summed E-state index contributed by atoms with van der Waals surface area (Å²) in [5.74, 6) is -0.824. The lowest BCUT2D eigenvalue weighted by Gasteiger charge is -2.24. The molecule has 1 aromatic rings. The molecule has 5 nitrogen and oxygen atoms in total. The second-order valence-corrected chi connectivity index (χ2v) is 4.13. The molecule has 0 radical (unpaired) electrons. The van der Waals surface area contributed by atoms with Gasteiger partial charge in [0.25, 0.3) is 0 Å². The van der Waals surface area contributed by atoms with Crippen LogP contribution in [0.3, 0.4) is 0 Å². The number of H-pyrrole nitrogens is 1. The molecule has 15 heavy (non-hydrogen) atoms. The molecule has 3 N–H and O–H groups in total. The molecule has 0 spiro atoms. The number of carboxylic acids is 1. The number of nitrogens with one attached hydrogen (secondary N) is 1. The summed E-state index contributed by atoms with van der Waals surface area (Å²) in [4.78, 5) is 10.6. The number of fused-ring (bicyclic) bond motifs is 1. The maximum atomic E-state index is 10.6. The minimum Gasteiger partial charge on any atom is -0.481 e. The van der Waals surface area contributed by atoms with Crippen LogP contribution in [0.2, 0.25) is 0 Å². The van der Waals surface area contributed by atoms with Gasteiger partial charge in [-0.1, -0.05) is 0 Å². The van der Waals surface area contributed by atoms with Crippen molar-refractivity contribution in [2.24, 2.45) is 5.92 Å². The summed E-state index contributed by atoms with van der Waals surface area (Å²) in [7, 11) is 0. The van der Waals surface area contributed by atoms with Crippen LogP contribution in [0, 0.1) is 12.8 Å². The van der Waals surface area contributed by atoms with Gasteiger partial charge >= 0.3 is 5.97 Å². The fourth-order valence-corrected chi connectivity index (χ4v) is 2.28. The van der Waals surface area contributed by atoms with Crippen LogP contribution in [-0.4, -0.2) is 26.4 Å². The number of carbonyl (C=O) groups is 1. The second kappa shape index (κ2) is 3.66. The van der Waals surface area contributed by atoms with E-state index in [1.807, 2.05) is 6.92 Å². The number of carboxylic acid groups (broad SMARTS) is 1. The van der Waals surface area contributed by atoms with E-state index in [0.717, 1.165) is 17.0 Å². The number of aryl methyl sites for hydroxylation is 1. The number of aromatic amines is 1. The summed E-state index contributed by atoms with van der Waals surface area (Å²) in [5, 5.41) is 25.5. The number of hydrogen-bond acceptors (Lipinski definition) is 3. The molecule has 0 aliphatic heterocycles. The van der Waals surface area contributed by atoms with Crippen LogP contribution < -0.4 is 0 Å². The minimum absolute atomic E-state index is 0.00676. The topological polar surface area (TPSA) is 86.2 Å². The maximum Gasteiger partial charge on any atom is 0.303 e. The first kappa shape index (κ1) is 10.2. The highest BCUT2D eigenvalue weighted by molar-refractivity contribution is 5.67. The number of aliphatic hydroxyl groups is 1. The Hall–Kier alpha value is -1.36. The van der Waals surface area contributed by atoms with Crippen molar-refractivity contribution in [2.45, 2.75) is 32.3 Å². The molecular weight excluding hydrogens is 196 g/mol. The first-order valence-electron chi connectivity index (χ1n) is 5.01. The smallest absolute Gasteiger partial charge is 0.303 e. The van der Waals surface area contributed by atoms with Gasteiger partial charge in [0.15, 0.2) is 0 Å². The summed E-state index contributed by atoms with van der Waals surface area (Å²) in [5.41, 5.74) is 2.56. The van der Waals surface area contributed by atoms with Gasteiger partial charge in [-0.05, 0) is 25.7 Å². The molecule has 1 aromatic heterocycles. The van der Waals surface area contributed by atoms with Gasteiger partial charge < -0.3 is 10.2 Å². The fraction of sp³-hybridized carbons (Fsp3) is 0.600. The van der Waals surface area contributed by atoms with E-state index in [1.165, 1.54) is 0 Å². The van der Waals surface area contributed by atoms with Crippen LogP contribution in [0.4, 0.5) is 0 Å². The van der Waals surface area contributed by atoms with Crippen molar-refractivity contribution in [3.63, 3.8) is 0 Å². The van der Waals surface area contributed by atoms with Crippen molar-refractivity contribution in [3.05, 3.63) is 17.0 Å². The zero-order valence-electron chi connectivity index (χ0n) is 8.53. The molecule has 1 aliphatic carbocycles. The lowest BCUT2D eigenvalue weighted by Crippen LogP contribution is -2.21. The zero-order chi connectivity index (χ0) is 11.0. The molecule has 2 unspecified atom stereocenters. The minimum atomic E-state index is -0.817. The first-order chi connectivity index (χ1) is 7.08. The highest BCUT2D eigenvalue weighted by Gasteiger charge is 2.30. The Labute approximate surface area is 87.1 Å². The molecule has 82 valence electrons. The average Bonchev–Trinajstić information content (AvgIpc) is 2.46. The van der Waals surface area contributed by atoms with Crippen LogP contribution in [0.25, 0.3) is 0 Å².